The molecule has 2 aliphatic rings. The summed E-state index contributed by atoms with van der Waals surface area (Å²) in [6, 6.07) is 10.4. The summed E-state index contributed by atoms with van der Waals surface area (Å²) in [5, 5.41) is 2.19. The zero-order chi connectivity index (χ0) is 25.5. The molecule has 0 saturated carbocycles. The van der Waals surface area contributed by atoms with Gasteiger partial charge >= 0.3 is 0 Å². The van der Waals surface area contributed by atoms with Crippen LogP contribution in [-0.2, 0) is 9.59 Å². The zero-order valence-corrected chi connectivity index (χ0v) is 21.0. The molecule has 0 atom stereocenters. The molecule has 2 aliphatic heterocycles. The second kappa shape index (κ2) is 11.9. The highest BCUT2D eigenvalue weighted by Crippen LogP contribution is 2.35. The summed E-state index contributed by atoms with van der Waals surface area (Å²) in [5.74, 6) is 1.31. The lowest BCUT2D eigenvalue weighted by Crippen LogP contribution is -2.36. The first-order chi connectivity index (χ1) is 17.5. The minimum absolute atomic E-state index is 0.231. The van der Waals surface area contributed by atoms with E-state index in [2.05, 4.69) is 12.2 Å². The molecule has 2 heterocycles. The number of ether oxygens (including phenoxy) is 4. The fourth-order valence-corrected chi connectivity index (χ4v) is 4.42. The van der Waals surface area contributed by atoms with Crippen molar-refractivity contribution in [2.24, 2.45) is 0 Å². The molecule has 1 saturated heterocycles. The van der Waals surface area contributed by atoms with E-state index in [1.54, 1.807) is 42.5 Å². The van der Waals surface area contributed by atoms with Crippen molar-refractivity contribution in [2.75, 3.05) is 38.3 Å². The monoisotopic (exact) mass is 512 g/mol. The highest BCUT2D eigenvalue weighted by atomic mass is 32.2. The van der Waals surface area contributed by atoms with Gasteiger partial charge in [0.15, 0.2) is 23.0 Å². The van der Waals surface area contributed by atoms with Crippen molar-refractivity contribution in [3.8, 4) is 23.0 Å². The molecule has 1 fully saturated rings. The van der Waals surface area contributed by atoms with E-state index in [4.69, 9.17) is 18.9 Å². The summed E-state index contributed by atoms with van der Waals surface area (Å²) in [7, 11) is 0. The maximum absolute atomic E-state index is 12.9. The Morgan fingerprint density at radius 2 is 1.86 bits per heavy atom. The third-order valence-corrected chi connectivity index (χ3v) is 6.23. The van der Waals surface area contributed by atoms with E-state index in [1.165, 1.54) is 0 Å². The van der Waals surface area contributed by atoms with Gasteiger partial charge in [0, 0.05) is 11.8 Å². The van der Waals surface area contributed by atoms with Crippen LogP contribution in [0.15, 0.2) is 41.3 Å². The van der Waals surface area contributed by atoms with Gasteiger partial charge in [0.25, 0.3) is 11.1 Å². The van der Waals surface area contributed by atoms with Crippen LogP contribution in [0.3, 0.4) is 0 Å². The average Bonchev–Trinajstić information content (AvgIpc) is 3.12. The molecule has 2 aromatic rings. The lowest BCUT2D eigenvalue weighted by Gasteiger charge is -2.19. The van der Waals surface area contributed by atoms with Gasteiger partial charge in [0.2, 0.25) is 5.91 Å². The third-order valence-electron chi connectivity index (χ3n) is 5.32. The average molecular weight is 513 g/mol. The van der Waals surface area contributed by atoms with Crippen LogP contribution in [0.25, 0.3) is 6.08 Å². The fourth-order valence-electron chi connectivity index (χ4n) is 3.58. The Balaban J connectivity index is 1.42. The number of imide groups is 1. The Morgan fingerprint density at radius 1 is 1.06 bits per heavy atom. The summed E-state index contributed by atoms with van der Waals surface area (Å²) >= 11 is 0.794. The fraction of sp³-hybridized carbons (Fsp3) is 0.346. The van der Waals surface area contributed by atoms with Crippen LogP contribution in [0.2, 0.25) is 0 Å². The van der Waals surface area contributed by atoms with Gasteiger partial charge in [0.05, 0.1) is 18.1 Å². The van der Waals surface area contributed by atoms with Crippen molar-refractivity contribution < 1.29 is 33.3 Å². The predicted octanol–water partition coefficient (Wildman–Crippen LogP) is 4.71. The van der Waals surface area contributed by atoms with Gasteiger partial charge < -0.3 is 24.3 Å². The molecular formula is C26H28N2O7S. The predicted molar refractivity (Wildman–Crippen MR) is 137 cm³/mol. The first-order valence-electron chi connectivity index (χ1n) is 11.8. The van der Waals surface area contributed by atoms with E-state index in [9.17, 15) is 14.4 Å². The van der Waals surface area contributed by atoms with Crippen molar-refractivity contribution in [1.29, 1.82) is 0 Å². The van der Waals surface area contributed by atoms with Gasteiger partial charge in [-0.25, -0.2) is 0 Å². The first kappa shape index (κ1) is 25.4. The number of hydrogen-bond donors (Lipinski definition) is 1. The number of thioether (sulfide) groups is 1. The topological polar surface area (TPSA) is 103 Å². The van der Waals surface area contributed by atoms with Crippen molar-refractivity contribution in [3.05, 3.63) is 46.9 Å². The van der Waals surface area contributed by atoms with Gasteiger partial charge in [-0.15, -0.1) is 0 Å². The minimum Gasteiger partial charge on any atom is -0.490 e. The summed E-state index contributed by atoms with van der Waals surface area (Å²) in [6.07, 6.45) is 3.57. The highest BCUT2D eigenvalue weighted by molar-refractivity contribution is 8.18. The Labute approximate surface area is 213 Å². The molecule has 0 unspecified atom stereocenters. The molecule has 10 heteroatoms. The van der Waals surface area contributed by atoms with Crippen LogP contribution in [0.4, 0.5) is 10.5 Å². The lowest BCUT2D eigenvalue weighted by atomic mass is 10.2. The molecule has 0 aromatic heterocycles. The molecule has 190 valence electrons. The van der Waals surface area contributed by atoms with Crippen LogP contribution in [0, 0.1) is 0 Å². The SMILES string of the molecule is CCCCOc1ccc(/C=C2\SC(=O)N(CC(=O)Nc3ccc4c(c3)OCCO4)C2=O)cc1OCC. The molecule has 36 heavy (non-hydrogen) atoms. The lowest BCUT2D eigenvalue weighted by molar-refractivity contribution is -0.127. The van der Waals surface area contributed by atoms with E-state index < -0.39 is 23.6 Å². The zero-order valence-electron chi connectivity index (χ0n) is 20.2. The number of nitrogens with one attached hydrogen (secondary N) is 1. The van der Waals surface area contributed by atoms with E-state index in [1.807, 2.05) is 6.92 Å². The number of rotatable bonds is 10. The molecule has 0 aliphatic carbocycles. The highest BCUT2D eigenvalue weighted by Gasteiger charge is 2.36. The van der Waals surface area contributed by atoms with Crippen molar-refractivity contribution in [3.63, 3.8) is 0 Å². The van der Waals surface area contributed by atoms with E-state index >= 15 is 0 Å². The number of benzene rings is 2. The number of anilines is 1. The Morgan fingerprint density at radius 3 is 2.64 bits per heavy atom. The summed E-state index contributed by atoms with van der Waals surface area (Å²) in [6.45, 7) is 5.51. The van der Waals surface area contributed by atoms with E-state index in [-0.39, 0.29) is 4.91 Å². The Bertz CT molecular complexity index is 1180. The van der Waals surface area contributed by atoms with E-state index in [0.29, 0.717) is 60.7 Å². The molecule has 3 amide bonds. The van der Waals surface area contributed by atoms with Gasteiger partial charge in [0.1, 0.15) is 19.8 Å². The maximum atomic E-state index is 12.9. The van der Waals surface area contributed by atoms with Crippen molar-refractivity contribution in [2.45, 2.75) is 26.7 Å². The Kier molecular flexibility index (Phi) is 8.37. The van der Waals surface area contributed by atoms with Crippen molar-refractivity contribution >= 4 is 40.6 Å². The standard InChI is InChI=1S/C26H28N2O7S/c1-3-5-10-33-19-8-6-17(13-21(19)32-4-2)14-23-25(30)28(26(31)36-23)16-24(29)27-18-7-9-20-22(15-18)35-12-11-34-20/h6-9,13-15H,3-5,10-12,16H2,1-2H3,(H,27,29)/b23-14-. The van der Waals surface area contributed by atoms with Crippen LogP contribution < -0.4 is 24.3 Å². The minimum atomic E-state index is -0.524. The summed E-state index contributed by atoms with van der Waals surface area (Å²) in [4.78, 5) is 39.1. The third kappa shape index (κ3) is 6.12. The number of amides is 3. The summed E-state index contributed by atoms with van der Waals surface area (Å²) in [5.41, 5.74) is 1.17. The second-order valence-electron chi connectivity index (χ2n) is 8.02. The first-order valence-corrected chi connectivity index (χ1v) is 12.6. The largest absolute Gasteiger partial charge is 0.490 e. The quantitative estimate of drug-likeness (QED) is 0.361. The van der Waals surface area contributed by atoms with Gasteiger partial charge in [-0.3, -0.25) is 19.3 Å². The number of fused-ring (bicyclic) bond motifs is 1. The Hall–Kier alpha value is -3.66. The van der Waals surface area contributed by atoms with Gasteiger partial charge in [-0.1, -0.05) is 19.4 Å². The molecule has 0 radical (unpaired) electrons. The van der Waals surface area contributed by atoms with E-state index in [0.717, 1.165) is 29.5 Å². The van der Waals surface area contributed by atoms with Gasteiger partial charge in [-0.2, -0.15) is 0 Å². The molecule has 2 aromatic carbocycles. The van der Waals surface area contributed by atoms with Crippen LogP contribution >= 0.6 is 11.8 Å². The van der Waals surface area contributed by atoms with Crippen LogP contribution in [-0.4, -0.2) is 54.9 Å². The number of unbranched alkanes of at least 4 members (excludes halogenated alkanes) is 1. The molecule has 0 spiro atoms. The number of hydrogen-bond acceptors (Lipinski definition) is 8. The summed E-state index contributed by atoms with van der Waals surface area (Å²) < 4.78 is 22.5. The maximum Gasteiger partial charge on any atom is 0.294 e. The normalized spacial score (nSPS) is 15.8. The van der Waals surface area contributed by atoms with Crippen LogP contribution in [0.1, 0.15) is 32.3 Å². The van der Waals surface area contributed by atoms with Crippen molar-refractivity contribution in [1.82, 2.24) is 4.90 Å². The number of carbonyl (C=O) groups excluding carboxylic acids is 3. The molecule has 0 bridgehead atoms. The molecule has 9 nitrogen and oxygen atoms in total. The van der Waals surface area contributed by atoms with Gasteiger partial charge in [-0.05, 0) is 61.0 Å². The smallest absolute Gasteiger partial charge is 0.294 e. The molecular weight excluding hydrogens is 484 g/mol. The molecule has 1 N–H and O–H groups in total. The second-order valence-corrected chi connectivity index (χ2v) is 9.01. The molecule has 4 rings (SSSR count). The number of nitrogens with zero attached hydrogens (tertiary/aromatic N) is 1. The number of carbonyl (C=O) groups is 3. The van der Waals surface area contributed by atoms with Crippen LogP contribution in [0.5, 0.6) is 23.0 Å².